The van der Waals surface area contributed by atoms with Crippen molar-refractivity contribution in [2.75, 3.05) is 13.7 Å². The largest absolute Gasteiger partial charge is 0.508 e. The second-order valence-corrected chi connectivity index (χ2v) is 4.86. The Kier molecular flexibility index (Phi) is 3.76. The molecule has 3 nitrogen and oxygen atoms in total. The topological polar surface area (TPSA) is 49.7 Å². The number of hydrogen-bond acceptors (Lipinski definition) is 3. The summed E-state index contributed by atoms with van der Waals surface area (Å²) in [7, 11) is 1.67. The Bertz CT molecular complexity index is 483. The van der Waals surface area contributed by atoms with Crippen LogP contribution >= 0.6 is 0 Å². The van der Waals surface area contributed by atoms with Crippen LogP contribution in [0.5, 0.6) is 11.5 Å². The summed E-state index contributed by atoms with van der Waals surface area (Å²) < 4.78 is 5.35. The summed E-state index contributed by atoms with van der Waals surface area (Å²) in [4.78, 5) is 0. The van der Waals surface area contributed by atoms with Crippen LogP contribution in [0.15, 0.2) is 48.5 Å². The maximum absolute atomic E-state index is 9.39. The first-order chi connectivity index (χ1) is 9.06. The van der Waals surface area contributed by atoms with Gasteiger partial charge in [0.1, 0.15) is 11.5 Å². The number of methoxy groups -OCH3 is 1. The van der Waals surface area contributed by atoms with Crippen molar-refractivity contribution in [3.8, 4) is 11.5 Å². The van der Waals surface area contributed by atoms with Crippen LogP contribution in [0.2, 0.25) is 0 Å². The van der Waals surface area contributed by atoms with Crippen molar-refractivity contribution in [3.05, 3.63) is 59.7 Å². The zero-order valence-corrected chi connectivity index (χ0v) is 11.1. The standard InChI is InChI=1S/C16H18O3/c1-16(11-19-2,12-3-7-14(17)8-4-12)13-5-9-15(18)10-6-13/h3-10,17-18H,11H2,1-2H3. The molecule has 0 atom stereocenters. The molecule has 0 aromatic heterocycles. The third kappa shape index (κ3) is 2.71. The first-order valence-electron chi connectivity index (χ1n) is 6.14. The fraction of sp³-hybridized carbons (Fsp3) is 0.250. The molecular formula is C16H18O3. The molecule has 19 heavy (non-hydrogen) atoms. The van der Waals surface area contributed by atoms with Gasteiger partial charge in [0, 0.05) is 12.5 Å². The van der Waals surface area contributed by atoms with E-state index in [1.807, 2.05) is 24.3 Å². The molecule has 100 valence electrons. The molecule has 0 spiro atoms. The van der Waals surface area contributed by atoms with Gasteiger partial charge in [-0.1, -0.05) is 24.3 Å². The van der Waals surface area contributed by atoms with E-state index in [0.717, 1.165) is 11.1 Å². The van der Waals surface area contributed by atoms with Crippen LogP contribution in [0, 0.1) is 0 Å². The number of rotatable bonds is 4. The highest BCUT2D eigenvalue weighted by molar-refractivity contribution is 5.42. The van der Waals surface area contributed by atoms with Gasteiger partial charge in [-0.05, 0) is 42.3 Å². The minimum Gasteiger partial charge on any atom is -0.508 e. The Labute approximate surface area is 113 Å². The zero-order valence-electron chi connectivity index (χ0n) is 11.1. The number of hydrogen-bond donors (Lipinski definition) is 2. The summed E-state index contributed by atoms with van der Waals surface area (Å²) in [5.74, 6) is 0.489. The Hall–Kier alpha value is -2.00. The van der Waals surface area contributed by atoms with Gasteiger partial charge in [0.2, 0.25) is 0 Å². The number of ether oxygens (including phenoxy) is 1. The van der Waals surface area contributed by atoms with E-state index in [-0.39, 0.29) is 16.9 Å². The molecule has 2 rings (SSSR count). The molecule has 0 fully saturated rings. The van der Waals surface area contributed by atoms with Gasteiger partial charge in [0.15, 0.2) is 0 Å². The van der Waals surface area contributed by atoms with E-state index in [4.69, 9.17) is 4.74 Å². The molecular weight excluding hydrogens is 240 g/mol. The van der Waals surface area contributed by atoms with Gasteiger partial charge in [-0.2, -0.15) is 0 Å². The van der Waals surface area contributed by atoms with E-state index >= 15 is 0 Å². The van der Waals surface area contributed by atoms with E-state index in [0.29, 0.717) is 6.61 Å². The fourth-order valence-corrected chi connectivity index (χ4v) is 2.28. The Morgan fingerprint density at radius 1 is 0.842 bits per heavy atom. The van der Waals surface area contributed by atoms with Crippen molar-refractivity contribution >= 4 is 0 Å². The minimum atomic E-state index is -0.323. The molecule has 0 saturated carbocycles. The van der Waals surface area contributed by atoms with Crippen LogP contribution in [-0.2, 0) is 10.2 Å². The smallest absolute Gasteiger partial charge is 0.115 e. The third-order valence-corrected chi connectivity index (χ3v) is 3.44. The monoisotopic (exact) mass is 258 g/mol. The van der Waals surface area contributed by atoms with Crippen molar-refractivity contribution in [2.24, 2.45) is 0 Å². The number of phenolic OH excluding ortho intramolecular Hbond substituents is 2. The molecule has 0 radical (unpaired) electrons. The van der Waals surface area contributed by atoms with Gasteiger partial charge in [-0.25, -0.2) is 0 Å². The summed E-state index contributed by atoms with van der Waals surface area (Å²) in [6.07, 6.45) is 0. The van der Waals surface area contributed by atoms with Crippen LogP contribution in [0.4, 0.5) is 0 Å². The van der Waals surface area contributed by atoms with Crippen LogP contribution in [-0.4, -0.2) is 23.9 Å². The summed E-state index contributed by atoms with van der Waals surface area (Å²) >= 11 is 0. The Morgan fingerprint density at radius 3 is 1.53 bits per heavy atom. The lowest BCUT2D eigenvalue weighted by atomic mass is 9.77. The van der Waals surface area contributed by atoms with Gasteiger partial charge in [0.05, 0.1) is 6.61 Å². The second kappa shape index (κ2) is 5.33. The molecule has 0 aliphatic carbocycles. The van der Waals surface area contributed by atoms with E-state index < -0.39 is 0 Å². The summed E-state index contributed by atoms with van der Waals surface area (Å²) in [5, 5.41) is 18.8. The molecule has 0 saturated heterocycles. The van der Waals surface area contributed by atoms with E-state index in [2.05, 4.69) is 6.92 Å². The molecule has 2 aromatic rings. The Morgan fingerprint density at radius 2 is 1.21 bits per heavy atom. The number of aromatic hydroxyl groups is 2. The Balaban J connectivity index is 2.47. The zero-order chi connectivity index (χ0) is 13.9. The van der Waals surface area contributed by atoms with Crippen LogP contribution < -0.4 is 0 Å². The summed E-state index contributed by atoms with van der Waals surface area (Å²) in [5.41, 5.74) is 1.78. The molecule has 0 amide bonds. The molecule has 0 bridgehead atoms. The van der Waals surface area contributed by atoms with Crippen molar-refractivity contribution in [3.63, 3.8) is 0 Å². The van der Waals surface area contributed by atoms with Crippen LogP contribution in [0.1, 0.15) is 18.1 Å². The average Bonchev–Trinajstić information content (AvgIpc) is 2.40. The number of phenols is 2. The maximum Gasteiger partial charge on any atom is 0.115 e. The number of benzene rings is 2. The molecule has 0 heterocycles. The average molecular weight is 258 g/mol. The predicted octanol–water partition coefficient (Wildman–Crippen LogP) is 3.05. The highest BCUT2D eigenvalue weighted by Gasteiger charge is 2.29. The maximum atomic E-state index is 9.39. The van der Waals surface area contributed by atoms with Gasteiger partial charge in [0.25, 0.3) is 0 Å². The van der Waals surface area contributed by atoms with Crippen LogP contribution in [0.25, 0.3) is 0 Å². The third-order valence-electron chi connectivity index (χ3n) is 3.44. The lowest BCUT2D eigenvalue weighted by molar-refractivity contribution is 0.155. The van der Waals surface area contributed by atoms with Gasteiger partial charge >= 0.3 is 0 Å². The molecule has 0 aliphatic rings. The van der Waals surface area contributed by atoms with Gasteiger partial charge in [-0.3, -0.25) is 0 Å². The molecule has 0 unspecified atom stereocenters. The molecule has 2 aromatic carbocycles. The molecule has 3 heteroatoms. The molecule has 2 N–H and O–H groups in total. The first kappa shape index (κ1) is 13.4. The lowest BCUT2D eigenvalue weighted by Gasteiger charge is -2.30. The highest BCUT2D eigenvalue weighted by Crippen LogP contribution is 2.33. The van der Waals surface area contributed by atoms with Gasteiger partial charge < -0.3 is 14.9 Å². The lowest BCUT2D eigenvalue weighted by Crippen LogP contribution is -2.29. The predicted molar refractivity (Wildman–Crippen MR) is 74.5 cm³/mol. The summed E-state index contributed by atoms with van der Waals surface area (Å²) in [6.45, 7) is 2.60. The van der Waals surface area contributed by atoms with Gasteiger partial charge in [-0.15, -0.1) is 0 Å². The van der Waals surface area contributed by atoms with E-state index in [9.17, 15) is 10.2 Å². The minimum absolute atomic E-state index is 0.245. The van der Waals surface area contributed by atoms with E-state index in [1.54, 1.807) is 31.4 Å². The normalized spacial score (nSPS) is 11.5. The van der Waals surface area contributed by atoms with Crippen molar-refractivity contribution < 1.29 is 14.9 Å². The van der Waals surface area contributed by atoms with Crippen molar-refractivity contribution in [1.82, 2.24) is 0 Å². The van der Waals surface area contributed by atoms with E-state index in [1.165, 1.54) is 0 Å². The summed E-state index contributed by atoms with van der Waals surface area (Å²) in [6, 6.07) is 14.2. The fourth-order valence-electron chi connectivity index (χ4n) is 2.28. The van der Waals surface area contributed by atoms with Crippen molar-refractivity contribution in [1.29, 1.82) is 0 Å². The quantitative estimate of drug-likeness (QED) is 0.886. The molecule has 0 aliphatic heterocycles. The first-order valence-corrected chi connectivity index (χ1v) is 6.14. The highest BCUT2D eigenvalue weighted by atomic mass is 16.5. The van der Waals surface area contributed by atoms with Crippen LogP contribution in [0.3, 0.4) is 0 Å². The van der Waals surface area contributed by atoms with Crippen molar-refractivity contribution in [2.45, 2.75) is 12.3 Å². The second-order valence-electron chi connectivity index (χ2n) is 4.86. The SMILES string of the molecule is COCC(C)(c1ccc(O)cc1)c1ccc(O)cc1.